The summed E-state index contributed by atoms with van der Waals surface area (Å²) in [6.45, 7) is 2.35. The van der Waals surface area contributed by atoms with E-state index in [4.69, 9.17) is 18.9 Å². The number of hydrogen-bond acceptors (Lipinski definition) is 12. The van der Waals surface area contributed by atoms with E-state index in [-0.39, 0.29) is 48.6 Å². The minimum absolute atomic E-state index is 0.0586. The molecular formula is C27H39FN6O10S3. The van der Waals surface area contributed by atoms with Gasteiger partial charge in [0.1, 0.15) is 11.9 Å². The summed E-state index contributed by atoms with van der Waals surface area (Å²) in [5.41, 5.74) is 1.90. The maximum Gasteiger partial charge on any atom is 0.320 e. The molecule has 1 aromatic carbocycles. The molecule has 3 aromatic rings. The van der Waals surface area contributed by atoms with Crippen molar-refractivity contribution in [3.05, 3.63) is 41.8 Å². The largest absolute Gasteiger partial charge is 0.461 e. The molecule has 262 valence electrons. The fourth-order valence-electron chi connectivity index (χ4n) is 4.51. The summed E-state index contributed by atoms with van der Waals surface area (Å²) in [6.07, 6.45) is 5.54. The first-order chi connectivity index (χ1) is 21.6. The fourth-order valence-corrected chi connectivity index (χ4v) is 5.92. The molecule has 20 heteroatoms. The van der Waals surface area contributed by atoms with Gasteiger partial charge in [-0.05, 0) is 76.5 Å². The summed E-state index contributed by atoms with van der Waals surface area (Å²) in [5, 5.41) is 8.51. The Morgan fingerprint density at radius 3 is 2.11 bits per heavy atom. The average Bonchev–Trinajstić information content (AvgIpc) is 3.70. The number of esters is 1. The van der Waals surface area contributed by atoms with E-state index in [0.29, 0.717) is 47.8 Å². The SMILES string of the molecule is CS(=O)(=O)O.CS(=O)(=O)O.Cc1cc(Nc2nn(C3CC3)c3cnc(S(=O)(=O)N4CCC(OC(=O)CN(C)C)CC4)cc23)ccc1F. The van der Waals surface area contributed by atoms with Gasteiger partial charge in [-0.3, -0.25) is 23.5 Å². The molecule has 47 heavy (non-hydrogen) atoms. The standard InChI is InChI=1S/C25H31FN6O4S.2CH4O3S/c1-16-12-17(4-7-21(16)26)28-25-20-13-23(27-14-22(20)32(29-25)18-5-6-18)37(34,35)31-10-8-19(9-11-31)36-24(33)15-30(2)3;2*1-5(2,3)4/h4,7,12-14,18-19H,5-6,8-11,15H2,1-3H3,(H,28,29);2*1H3,(H,2,3,4). The van der Waals surface area contributed by atoms with Crippen molar-refractivity contribution in [2.45, 2.75) is 49.8 Å². The predicted molar refractivity (Wildman–Crippen MR) is 172 cm³/mol. The number of benzene rings is 1. The van der Waals surface area contributed by atoms with Crippen LogP contribution in [0.2, 0.25) is 0 Å². The third kappa shape index (κ3) is 12.4. The summed E-state index contributed by atoms with van der Waals surface area (Å²) in [4.78, 5) is 18.0. The van der Waals surface area contributed by atoms with Gasteiger partial charge in [0.25, 0.3) is 30.3 Å². The van der Waals surface area contributed by atoms with Crippen LogP contribution < -0.4 is 5.32 Å². The molecule has 0 unspecified atom stereocenters. The fraction of sp³-hybridized carbons (Fsp3) is 0.519. The third-order valence-corrected chi connectivity index (χ3v) is 8.43. The molecular weight excluding hydrogens is 684 g/mol. The summed E-state index contributed by atoms with van der Waals surface area (Å²) in [7, 11) is -7.62. The lowest BCUT2D eigenvalue weighted by Gasteiger charge is -2.30. The molecule has 1 saturated heterocycles. The first-order valence-corrected chi connectivity index (χ1v) is 19.4. The highest BCUT2D eigenvalue weighted by Gasteiger charge is 2.33. The molecule has 1 saturated carbocycles. The molecule has 0 bridgehead atoms. The first kappa shape index (κ1) is 38.2. The van der Waals surface area contributed by atoms with Crippen LogP contribution >= 0.6 is 0 Å². The van der Waals surface area contributed by atoms with E-state index < -0.39 is 30.3 Å². The van der Waals surface area contributed by atoms with E-state index in [1.165, 1.54) is 10.4 Å². The highest BCUT2D eigenvalue weighted by Crippen LogP contribution is 2.39. The van der Waals surface area contributed by atoms with Gasteiger partial charge >= 0.3 is 5.97 Å². The smallest absolute Gasteiger partial charge is 0.320 e. The number of fused-ring (bicyclic) bond motifs is 1. The number of likely N-dealkylation sites (N-methyl/N-ethyl adjacent to an activating group) is 1. The number of carbonyl (C=O) groups is 1. The van der Waals surface area contributed by atoms with Crippen molar-refractivity contribution in [3.8, 4) is 0 Å². The maximum atomic E-state index is 13.8. The van der Waals surface area contributed by atoms with Crippen LogP contribution in [-0.2, 0) is 39.8 Å². The summed E-state index contributed by atoms with van der Waals surface area (Å²) >= 11 is 0. The number of nitrogens with zero attached hydrogens (tertiary/aromatic N) is 5. The lowest BCUT2D eigenvalue weighted by atomic mass is 10.1. The van der Waals surface area contributed by atoms with Crippen molar-refractivity contribution in [1.29, 1.82) is 0 Å². The van der Waals surface area contributed by atoms with E-state index in [9.17, 15) is 34.4 Å². The Morgan fingerprint density at radius 2 is 1.60 bits per heavy atom. The van der Waals surface area contributed by atoms with E-state index in [2.05, 4.69) is 10.3 Å². The number of nitrogens with one attached hydrogen (secondary N) is 1. The van der Waals surface area contributed by atoms with Crippen LogP contribution in [0.3, 0.4) is 0 Å². The number of sulfonamides is 1. The second-order valence-corrected chi connectivity index (χ2v) is 16.3. The summed E-state index contributed by atoms with van der Waals surface area (Å²) in [5.74, 6) is -0.117. The topological polar surface area (TPSA) is 218 Å². The number of pyridine rings is 1. The lowest BCUT2D eigenvalue weighted by molar-refractivity contribution is -0.151. The average molecular weight is 723 g/mol. The molecule has 1 aliphatic heterocycles. The van der Waals surface area contributed by atoms with Gasteiger partial charge in [0.15, 0.2) is 10.8 Å². The van der Waals surface area contributed by atoms with E-state index in [1.807, 2.05) is 4.68 Å². The van der Waals surface area contributed by atoms with Gasteiger partial charge in [-0.1, -0.05) is 0 Å². The van der Waals surface area contributed by atoms with Crippen LogP contribution in [0.25, 0.3) is 10.9 Å². The third-order valence-electron chi connectivity index (χ3n) is 6.63. The van der Waals surface area contributed by atoms with Gasteiger partial charge in [0.2, 0.25) is 0 Å². The van der Waals surface area contributed by atoms with Gasteiger partial charge in [0, 0.05) is 24.2 Å². The number of carbonyl (C=O) groups excluding carboxylic acids is 1. The normalized spacial score (nSPS) is 16.2. The van der Waals surface area contributed by atoms with Crippen LogP contribution in [0.1, 0.15) is 37.3 Å². The molecule has 0 spiro atoms. The monoisotopic (exact) mass is 722 g/mol. The zero-order valence-corrected chi connectivity index (χ0v) is 28.9. The number of aryl methyl sites for hydroxylation is 1. The molecule has 0 radical (unpaired) electrons. The predicted octanol–water partition coefficient (Wildman–Crippen LogP) is 2.22. The number of aromatic nitrogens is 3. The second-order valence-electron chi connectivity index (χ2n) is 11.5. The van der Waals surface area contributed by atoms with Crippen molar-refractivity contribution < 1.29 is 48.3 Å². The molecule has 2 aromatic heterocycles. The minimum Gasteiger partial charge on any atom is -0.461 e. The van der Waals surface area contributed by atoms with Gasteiger partial charge in [0.05, 0.1) is 36.8 Å². The number of halogens is 1. The lowest BCUT2D eigenvalue weighted by Crippen LogP contribution is -2.42. The minimum atomic E-state index is -3.86. The van der Waals surface area contributed by atoms with Crippen LogP contribution in [0, 0.1) is 12.7 Å². The maximum absolute atomic E-state index is 13.8. The van der Waals surface area contributed by atoms with Gasteiger partial charge in [-0.2, -0.15) is 26.2 Å². The van der Waals surface area contributed by atoms with Crippen LogP contribution in [-0.4, -0.2) is 117 Å². The first-order valence-electron chi connectivity index (χ1n) is 14.2. The Kier molecular flexibility index (Phi) is 12.4. The van der Waals surface area contributed by atoms with Gasteiger partial charge < -0.3 is 10.1 Å². The van der Waals surface area contributed by atoms with E-state index in [1.54, 1.807) is 50.3 Å². The number of anilines is 2. The number of piperidine rings is 1. The van der Waals surface area contributed by atoms with Crippen molar-refractivity contribution >= 4 is 58.6 Å². The van der Waals surface area contributed by atoms with Crippen molar-refractivity contribution in [1.82, 2.24) is 24.0 Å². The highest BCUT2D eigenvalue weighted by atomic mass is 32.2. The van der Waals surface area contributed by atoms with Crippen LogP contribution in [0.5, 0.6) is 0 Å². The number of ether oxygens (including phenoxy) is 1. The van der Waals surface area contributed by atoms with Crippen molar-refractivity contribution in [2.24, 2.45) is 0 Å². The van der Waals surface area contributed by atoms with Gasteiger partial charge in [-0.25, -0.2) is 17.8 Å². The van der Waals surface area contributed by atoms with Crippen molar-refractivity contribution in [3.63, 3.8) is 0 Å². The quantitative estimate of drug-likeness (QED) is 0.224. The molecule has 0 atom stereocenters. The summed E-state index contributed by atoms with van der Waals surface area (Å²) < 4.78 is 101. The Morgan fingerprint density at radius 1 is 1.02 bits per heavy atom. The molecule has 5 rings (SSSR count). The molecule has 1 aliphatic carbocycles. The van der Waals surface area contributed by atoms with Gasteiger partial charge in [-0.15, -0.1) is 0 Å². The molecule has 3 heterocycles. The number of hydrogen-bond donors (Lipinski definition) is 3. The van der Waals surface area contributed by atoms with Crippen LogP contribution in [0.4, 0.5) is 15.9 Å². The molecule has 2 fully saturated rings. The zero-order chi connectivity index (χ0) is 35.3. The van der Waals surface area contributed by atoms with E-state index >= 15 is 0 Å². The molecule has 0 amide bonds. The Hall–Kier alpha value is -3.27. The molecule has 2 aliphatic rings. The summed E-state index contributed by atoms with van der Waals surface area (Å²) in [6, 6.07) is 6.51. The van der Waals surface area contributed by atoms with Crippen molar-refractivity contribution in [2.75, 3.05) is 51.6 Å². The number of rotatable bonds is 8. The zero-order valence-electron chi connectivity index (χ0n) is 26.5. The van der Waals surface area contributed by atoms with E-state index in [0.717, 1.165) is 18.4 Å². The Balaban J connectivity index is 0.000000526. The Bertz CT molecular complexity index is 1860. The Labute approximate surface area is 273 Å². The highest BCUT2D eigenvalue weighted by molar-refractivity contribution is 7.89. The molecule has 3 N–H and O–H groups in total. The molecule has 16 nitrogen and oxygen atoms in total. The second kappa shape index (κ2) is 15.3. The van der Waals surface area contributed by atoms with Crippen LogP contribution in [0.15, 0.2) is 35.5 Å².